The van der Waals surface area contributed by atoms with Gasteiger partial charge in [-0.05, 0) is 33.8 Å². The zero-order valence-electron chi connectivity index (χ0n) is 17.2. The quantitative estimate of drug-likeness (QED) is 0.631. The van der Waals surface area contributed by atoms with Gasteiger partial charge in [-0.3, -0.25) is 9.59 Å². The molecule has 2 aliphatic heterocycles. The fourth-order valence-electron chi connectivity index (χ4n) is 3.03. The monoisotopic (exact) mass is 425 g/mol. The van der Waals surface area contributed by atoms with Crippen molar-refractivity contribution in [2.75, 3.05) is 32.7 Å². The van der Waals surface area contributed by atoms with Crippen LogP contribution < -0.4 is 0 Å². The van der Waals surface area contributed by atoms with Crippen molar-refractivity contribution >= 4 is 27.9 Å². The number of piperazine rings is 1. The summed E-state index contributed by atoms with van der Waals surface area (Å²) >= 11 is 0. The minimum atomic E-state index is -4.08. The van der Waals surface area contributed by atoms with E-state index in [-0.39, 0.29) is 36.7 Å². The molecule has 0 saturated carbocycles. The molecule has 2 saturated heterocycles. The lowest BCUT2D eigenvalue weighted by atomic mass is 10.2. The summed E-state index contributed by atoms with van der Waals surface area (Å²) in [4.78, 5) is 40.1. The molecule has 0 N–H and O–H groups in total. The molecular formula is C19H27N3O6S. The summed E-state index contributed by atoms with van der Waals surface area (Å²) in [6, 6.07) is 0. The summed E-state index contributed by atoms with van der Waals surface area (Å²) in [7, 11) is -4.08. The molecule has 0 aromatic carbocycles. The first-order chi connectivity index (χ1) is 13.4. The molecule has 2 rings (SSSR count). The Kier molecular flexibility index (Phi) is 6.56. The van der Waals surface area contributed by atoms with E-state index in [0.29, 0.717) is 4.31 Å². The highest BCUT2D eigenvalue weighted by Gasteiger charge is 2.45. The highest BCUT2D eigenvalue weighted by molar-refractivity contribution is 7.94. The van der Waals surface area contributed by atoms with E-state index >= 15 is 0 Å². The molecule has 29 heavy (non-hydrogen) atoms. The lowest BCUT2D eigenvalue weighted by Crippen LogP contribution is -2.53. The van der Waals surface area contributed by atoms with Crippen LogP contribution in [-0.4, -0.2) is 78.8 Å². The first-order valence-electron chi connectivity index (χ1n) is 9.24. The van der Waals surface area contributed by atoms with Gasteiger partial charge in [0.2, 0.25) is 5.91 Å². The average molecular weight is 426 g/mol. The topological polar surface area (TPSA) is 104 Å². The molecule has 9 nitrogen and oxygen atoms in total. The molecule has 0 aliphatic carbocycles. The van der Waals surface area contributed by atoms with Crippen molar-refractivity contribution < 1.29 is 27.5 Å². The Labute approximate surface area is 171 Å². The Morgan fingerprint density at radius 1 is 1.14 bits per heavy atom. The summed E-state index contributed by atoms with van der Waals surface area (Å²) in [5.74, 6) is -1.25. The van der Waals surface area contributed by atoms with Crippen LogP contribution in [0.1, 0.15) is 27.7 Å². The number of hydrogen-bond donors (Lipinski definition) is 0. The molecule has 0 unspecified atom stereocenters. The normalized spacial score (nSPS) is 22.3. The number of hydrogen-bond acceptors (Lipinski definition) is 6. The summed E-state index contributed by atoms with van der Waals surface area (Å²) in [6.07, 6.45) is 3.51. The van der Waals surface area contributed by atoms with Gasteiger partial charge in [0.05, 0.1) is 10.5 Å². The van der Waals surface area contributed by atoms with E-state index in [9.17, 15) is 22.8 Å². The number of nitrogens with zero attached hydrogens (tertiary/aromatic N) is 3. The fourth-order valence-corrected chi connectivity index (χ4v) is 4.59. The Balaban J connectivity index is 2.05. The lowest BCUT2D eigenvalue weighted by molar-refractivity contribution is -0.136. The Bertz CT molecular complexity index is 874. The number of amides is 3. The second-order valence-corrected chi connectivity index (χ2v) is 9.46. The van der Waals surface area contributed by atoms with Crippen LogP contribution in [0.2, 0.25) is 0 Å². The van der Waals surface area contributed by atoms with E-state index in [1.54, 1.807) is 20.8 Å². The van der Waals surface area contributed by atoms with E-state index in [1.165, 1.54) is 35.0 Å². The van der Waals surface area contributed by atoms with Crippen molar-refractivity contribution in [1.82, 2.24) is 14.1 Å². The third-order valence-electron chi connectivity index (χ3n) is 4.40. The summed E-state index contributed by atoms with van der Waals surface area (Å²) in [6.45, 7) is 10.7. The minimum absolute atomic E-state index is 0.00922. The van der Waals surface area contributed by atoms with E-state index in [2.05, 4.69) is 6.58 Å². The molecule has 0 radical (unpaired) electrons. The van der Waals surface area contributed by atoms with Gasteiger partial charge in [0.1, 0.15) is 12.1 Å². The predicted octanol–water partition coefficient (Wildman–Crippen LogP) is 1.25. The van der Waals surface area contributed by atoms with Gasteiger partial charge in [-0.2, -0.15) is 0 Å². The van der Waals surface area contributed by atoms with Crippen molar-refractivity contribution in [3.63, 3.8) is 0 Å². The number of sulfonamides is 1. The van der Waals surface area contributed by atoms with Crippen LogP contribution in [-0.2, 0) is 24.3 Å². The highest BCUT2D eigenvalue weighted by Crippen LogP contribution is 2.32. The van der Waals surface area contributed by atoms with Crippen molar-refractivity contribution in [3.05, 3.63) is 35.3 Å². The van der Waals surface area contributed by atoms with Gasteiger partial charge < -0.3 is 14.5 Å². The van der Waals surface area contributed by atoms with Gasteiger partial charge in [0, 0.05) is 26.2 Å². The second-order valence-electron chi connectivity index (χ2n) is 7.63. The maximum atomic E-state index is 12.6. The van der Waals surface area contributed by atoms with Gasteiger partial charge in [0.15, 0.2) is 0 Å². The van der Waals surface area contributed by atoms with E-state index < -0.39 is 40.1 Å². The molecule has 3 amide bonds. The summed E-state index contributed by atoms with van der Waals surface area (Å²) < 4.78 is 31.2. The smallest absolute Gasteiger partial charge is 0.410 e. The Hall–Kier alpha value is -2.62. The molecule has 0 aromatic heterocycles. The molecular weight excluding hydrogens is 398 g/mol. The van der Waals surface area contributed by atoms with Gasteiger partial charge in [0.25, 0.3) is 15.9 Å². The molecule has 160 valence electrons. The Morgan fingerprint density at radius 2 is 1.69 bits per heavy atom. The highest BCUT2D eigenvalue weighted by atomic mass is 32.2. The zero-order valence-corrected chi connectivity index (χ0v) is 18.0. The fraction of sp³-hybridized carbons (Fsp3) is 0.526. The van der Waals surface area contributed by atoms with Gasteiger partial charge in [-0.1, -0.05) is 18.7 Å². The molecule has 0 spiro atoms. The maximum Gasteiger partial charge on any atom is 0.410 e. The number of ether oxygens (including phenoxy) is 1. The maximum absolute atomic E-state index is 12.6. The molecule has 0 bridgehead atoms. The zero-order chi connectivity index (χ0) is 22.0. The van der Waals surface area contributed by atoms with Gasteiger partial charge in [-0.15, -0.1) is 0 Å². The first kappa shape index (κ1) is 22.7. The van der Waals surface area contributed by atoms with Gasteiger partial charge >= 0.3 is 6.09 Å². The molecule has 0 atom stereocenters. The predicted molar refractivity (Wildman–Crippen MR) is 107 cm³/mol. The third-order valence-corrected chi connectivity index (χ3v) is 6.29. The number of carbonyl (C=O) groups is 3. The lowest BCUT2D eigenvalue weighted by Gasteiger charge is -2.36. The van der Waals surface area contributed by atoms with Crippen molar-refractivity contribution in [2.24, 2.45) is 0 Å². The first-order valence-corrected chi connectivity index (χ1v) is 10.7. The molecule has 2 fully saturated rings. The van der Waals surface area contributed by atoms with Crippen molar-refractivity contribution in [2.45, 2.75) is 33.3 Å². The number of rotatable bonds is 3. The van der Waals surface area contributed by atoms with Crippen LogP contribution in [0, 0.1) is 0 Å². The standard InChI is InChI=1S/C19H27N3O6S/c1-6-8-14-15(7-2)29(26,27)22(17(14)24)13-16(23)20-9-11-21(12-10-20)18(25)28-19(3,4)5/h6-8H,1,9-13H2,2-5H3/b14-8+,15-7+. The van der Waals surface area contributed by atoms with Crippen LogP contribution in [0.15, 0.2) is 35.3 Å². The van der Waals surface area contributed by atoms with Crippen molar-refractivity contribution in [1.29, 1.82) is 0 Å². The Morgan fingerprint density at radius 3 is 2.17 bits per heavy atom. The molecule has 2 aliphatic rings. The average Bonchev–Trinajstić information content (AvgIpc) is 2.80. The van der Waals surface area contributed by atoms with E-state index in [0.717, 1.165) is 0 Å². The van der Waals surface area contributed by atoms with E-state index in [1.807, 2.05) is 0 Å². The van der Waals surface area contributed by atoms with Crippen LogP contribution in [0.3, 0.4) is 0 Å². The summed E-state index contributed by atoms with van der Waals surface area (Å²) in [5, 5.41) is 0. The molecule has 10 heteroatoms. The largest absolute Gasteiger partial charge is 0.444 e. The number of carbonyl (C=O) groups excluding carboxylic acids is 3. The van der Waals surface area contributed by atoms with Crippen molar-refractivity contribution in [3.8, 4) is 0 Å². The molecule has 2 heterocycles. The van der Waals surface area contributed by atoms with Gasteiger partial charge in [-0.25, -0.2) is 17.5 Å². The van der Waals surface area contributed by atoms with Crippen LogP contribution in [0.4, 0.5) is 4.79 Å². The minimum Gasteiger partial charge on any atom is -0.444 e. The third kappa shape index (κ3) is 4.87. The van der Waals surface area contributed by atoms with E-state index in [4.69, 9.17) is 4.74 Å². The second kappa shape index (κ2) is 8.40. The number of allylic oxidation sites excluding steroid dienone is 3. The SMILES string of the molecule is C=C/C=C1/C(=O)N(CC(=O)N2CCN(C(=O)OC(C)(C)C)CC2)S(=O)(=O)/C1=C/C. The molecule has 0 aromatic rings. The summed E-state index contributed by atoms with van der Waals surface area (Å²) in [5.41, 5.74) is -0.625. The van der Waals surface area contributed by atoms with Crippen LogP contribution in [0.5, 0.6) is 0 Å². The van der Waals surface area contributed by atoms with Crippen LogP contribution in [0.25, 0.3) is 0 Å². The van der Waals surface area contributed by atoms with Crippen LogP contribution >= 0.6 is 0 Å².